The lowest BCUT2D eigenvalue weighted by Crippen LogP contribution is -2.29. The van der Waals surface area contributed by atoms with E-state index in [0.29, 0.717) is 27.8 Å². The molecule has 0 saturated carbocycles. The van der Waals surface area contributed by atoms with Crippen LogP contribution in [0.15, 0.2) is 59.5 Å². The molecule has 3 aromatic carbocycles. The van der Waals surface area contributed by atoms with Gasteiger partial charge in [0.15, 0.2) is 11.5 Å². The van der Waals surface area contributed by atoms with Crippen molar-refractivity contribution in [2.24, 2.45) is 5.73 Å². The Labute approximate surface area is 194 Å². The van der Waals surface area contributed by atoms with Crippen molar-refractivity contribution in [3.63, 3.8) is 0 Å². The van der Waals surface area contributed by atoms with Crippen molar-refractivity contribution < 1.29 is 23.0 Å². The normalized spacial score (nSPS) is 10.7. The number of ether oxygens (including phenoxy) is 2. The van der Waals surface area contributed by atoms with Crippen LogP contribution in [0.25, 0.3) is 0 Å². The van der Waals surface area contributed by atoms with Gasteiger partial charge in [-0.25, -0.2) is 8.78 Å². The standard InChI is InChI=1S/C23H21ClF2N2O3S/c1-30-21-9-7-16(12-22(21)31-2)32-28(13-23(27)29)20-8-6-15(24)10-14(20)11-17-18(25)4-3-5-19(17)26/h3-10,12H,11,13H2,1-2H3,(H2,27,29). The summed E-state index contributed by atoms with van der Waals surface area (Å²) in [5, 5.41) is 0.399. The Bertz CT molecular complexity index is 1110. The topological polar surface area (TPSA) is 64.8 Å². The quantitative estimate of drug-likeness (QED) is 0.427. The van der Waals surface area contributed by atoms with Crippen LogP contribution in [0.1, 0.15) is 11.1 Å². The van der Waals surface area contributed by atoms with Crippen LogP contribution in [0, 0.1) is 11.6 Å². The number of rotatable bonds is 9. The molecule has 9 heteroatoms. The molecule has 0 aliphatic rings. The predicted molar refractivity (Wildman–Crippen MR) is 123 cm³/mol. The minimum Gasteiger partial charge on any atom is -0.493 e. The number of hydrogen-bond donors (Lipinski definition) is 1. The fourth-order valence-electron chi connectivity index (χ4n) is 3.14. The van der Waals surface area contributed by atoms with E-state index in [9.17, 15) is 13.6 Å². The third kappa shape index (κ3) is 5.63. The Kier molecular flexibility index (Phi) is 7.82. The summed E-state index contributed by atoms with van der Waals surface area (Å²) in [5.41, 5.74) is 6.48. The van der Waals surface area contributed by atoms with Gasteiger partial charge in [-0.2, -0.15) is 0 Å². The van der Waals surface area contributed by atoms with Gasteiger partial charge in [0.25, 0.3) is 0 Å². The molecule has 2 N–H and O–H groups in total. The average Bonchev–Trinajstić information content (AvgIpc) is 2.75. The van der Waals surface area contributed by atoms with Gasteiger partial charge >= 0.3 is 0 Å². The lowest BCUT2D eigenvalue weighted by Gasteiger charge is -2.25. The zero-order valence-corrected chi connectivity index (χ0v) is 19.0. The van der Waals surface area contributed by atoms with E-state index in [1.54, 1.807) is 40.7 Å². The van der Waals surface area contributed by atoms with E-state index in [1.807, 2.05) is 0 Å². The number of halogens is 3. The number of nitrogens with two attached hydrogens (primary N) is 1. The number of anilines is 1. The van der Waals surface area contributed by atoms with Crippen molar-refractivity contribution in [3.05, 3.63) is 82.4 Å². The van der Waals surface area contributed by atoms with E-state index in [1.165, 1.54) is 44.4 Å². The molecule has 32 heavy (non-hydrogen) atoms. The highest BCUT2D eigenvalue weighted by Gasteiger charge is 2.19. The maximum atomic E-state index is 14.3. The third-order valence-electron chi connectivity index (χ3n) is 4.61. The minimum absolute atomic E-state index is 0.0594. The summed E-state index contributed by atoms with van der Waals surface area (Å²) in [6.07, 6.45) is -0.0594. The molecular weight excluding hydrogens is 458 g/mol. The van der Waals surface area contributed by atoms with E-state index in [2.05, 4.69) is 0 Å². The fourth-order valence-corrected chi connectivity index (χ4v) is 4.35. The third-order valence-corrected chi connectivity index (χ3v) is 5.86. The molecule has 5 nitrogen and oxygen atoms in total. The van der Waals surface area contributed by atoms with Crippen LogP contribution in [0.3, 0.4) is 0 Å². The molecule has 0 bridgehead atoms. The highest BCUT2D eigenvalue weighted by molar-refractivity contribution is 8.00. The summed E-state index contributed by atoms with van der Waals surface area (Å²) in [6, 6.07) is 13.9. The summed E-state index contributed by atoms with van der Waals surface area (Å²) >= 11 is 7.40. The molecule has 1 amide bonds. The summed E-state index contributed by atoms with van der Waals surface area (Å²) in [4.78, 5) is 12.6. The van der Waals surface area contributed by atoms with E-state index < -0.39 is 17.5 Å². The molecule has 3 aromatic rings. The highest BCUT2D eigenvalue weighted by Crippen LogP contribution is 2.37. The van der Waals surface area contributed by atoms with Crippen LogP contribution in [0.5, 0.6) is 11.5 Å². The first-order chi connectivity index (χ1) is 15.3. The van der Waals surface area contributed by atoms with Crippen LogP contribution in [-0.2, 0) is 11.2 Å². The molecule has 0 atom stereocenters. The Morgan fingerprint density at radius 2 is 1.72 bits per heavy atom. The van der Waals surface area contributed by atoms with E-state index in [0.717, 1.165) is 4.90 Å². The minimum atomic E-state index is -0.662. The maximum Gasteiger partial charge on any atom is 0.238 e. The number of amides is 1. The van der Waals surface area contributed by atoms with Crippen molar-refractivity contribution in [1.82, 2.24) is 0 Å². The predicted octanol–water partition coefficient (Wildman–Crippen LogP) is 5.23. The lowest BCUT2D eigenvalue weighted by molar-refractivity contribution is -0.116. The molecule has 0 aliphatic heterocycles. The Morgan fingerprint density at radius 1 is 1.03 bits per heavy atom. The summed E-state index contributed by atoms with van der Waals surface area (Å²) in [5.74, 6) is -0.826. The molecule has 0 unspecified atom stereocenters. The van der Waals surface area contributed by atoms with Crippen LogP contribution in [0.4, 0.5) is 14.5 Å². The first-order valence-corrected chi connectivity index (χ1v) is 10.6. The van der Waals surface area contributed by atoms with Gasteiger partial charge in [0.2, 0.25) is 5.91 Å². The van der Waals surface area contributed by atoms with Crippen molar-refractivity contribution in [1.29, 1.82) is 0 Å². The van der Waals surface area contributed by atoms with Gasteiger partial charge in [-0.1, -0.05) is 17.7 Å². The number of primary amides is 1. The average molecular weight is 479 g/mol. The van der Waals surface area contributed by atoms with Gasteiger partial charge in [0.05, 0.1) is 19.9 Å². The summed E-state index contributed by atoms with van der Waals surface area (Å²) in [7, 11) is 3.06. The SMILES string of the molecule is COc1ccc(SN(CC(N)=O)c2ccc(Cl)cc2Cc2c(F)cccc2F)cc1OC. The second-order valence-electron chi connectivity index (χ2n) is 6.76. The molecule has 0 heterocycles. The van der Waals surface area contributed by atoms with Gasteiger partial charge in [-0.15, -0.1) is 0 Å². The first kappa shape index (κ1) is 23.7. The van der Waals surface area contributed by atoms with Crippen LogP contribution < -0.4 is 19.5 Å². The smallest absolute Gasteiger partial charge is 0.238 e. The monoisotopic (exact) mass is 478 g/mol. The van der Waals surface area contributed by atoms with Crippen molar-refractivity contribution in [2.75, 3.05) is 25.1 Å². The van der Waals surface area contributed by atoms with Crippen LogP contribution in [0.2, 0.25) is 5.02 Å². The lowest BCUT2D eigenvalue weighted by atomic mass is 10.0. The molecule has 0 radical (unpaired) electrons. The van der Waals surface area contributed by atoms with E-state index in [4.69, 9.17) is 26.8 Å². The summed E-state index contributed by atoms with van der Waals surface area (Å²) < 4.78 is 40.8. The molecule has 168 valence electrons. The molecule has 0 saturated heterocycles. The second-order valence-corrected chi connectivity index (χ2v) is 8.29. The van der Waals surface area contributed by atoms with Crippen molar-refractivity contribution in [3.8, 4) is 11.5 Å². The molecule has 3 rings (SSSR count). The summed E-state index contributed by atoms with van der Waals surface area (Å²) in [6.45, 7) is -0.145. The largest absolute Gasteiger partial charge is 0.493 e. The van der Waals surface area contributed by atoms with Gasteiger partial charge in [0, 0.05) is 21.9 Å². The zero-order chi connectivity index (χ0) is 23.3. The number of nitrogens with zero attached hydrogens (tertiary/aromatic N) is 1. The highest BCUT2D eigenvalue weighted by atomic mass is 35.5. The molecule has 0 aliphatic carbocycles. The van der Waals surface area contributed by atoms with Crippen molar-refractivity contribution in [2.45, 2.75) is 11.3 Å². The molecule has 0 aromatic heterocycles. The second kappa shape index (κ2) is 10.6. The van der Waals surface area contributed by atoms with Gasteiger partial charge < -0.3 is 19.5 Å². The van der Waals surface area contributed by atoms with Gasteiger partial charge in [-0.05, 0) is 66.0 Å². The maximum absolute atomic E-state index is 14.3. The number of benzene rings is 3. The van der Waals surface area contributed by atoms with Crippen LogP contribution in [-0.4, -0.2) is 26.7 Å². The molecular formula is C23H21ClF2N2O3S. The molecule has 0 spiro atoms. The number of methoxy groups -OCH3 is 2. The van der Waals surface area contributed by atoms with Gasteiger partial charge in [0.1, 0.15) is 18.2 Å². The fraction of sp³-hybridized carbons (Fsp3) is 0.174. The van der Waals surface area contributed by atoms with E-state index in [-0.39, 0.29) is 18.5 Å². The van der Waals surface area contributed by atoms with Gasteiger partial charge in [-0.3, -0.25) is 4.79 Å². The Morgan fingerprint density at radius 3 is 2.34 bits per heavy atom. The zero-order valence-electron chi connectivity index (χ0n) is 17.4. The Balaban J connectivity index is 2.02. The van der Waals surface area contributed by atoms with Crippen molar-refractivity contribution >= 4 is 35.1 Å². The van der Waals surface area contributed by atoms with E-state index >= 15 is 0 Å². The number of carbonyl (C=O) groups is 1. The number of carbonyl (C=O) groups excluding carboxylic acids is 1. The Hall–Kier alpha value is -2.97. The van der Waals surface area contributed by atoms with Crippen LogP contribution >= 0.6 is 23.5 Å². The first-order valence-electron chi connectivity index (χ1n) is 9.49. The number of hydrogen-bond acceptors (Lipinski definition) is 5. The molecule has 0 fully saturated rings.